The molecule has 0 aliphatic carbocycles. The summed E-state index contributed by atoms with van der Waals surface area (Å²) in [6, 6.07) is 0.775. The maximum Gasteiger partial charge on any atom is 0.224 e. The van der Waals surface area contributed by atoms with Gasteiger partial charge < -0.3 is 20.4 Å². The number of aryl methyl sites for hydroxylation is 2. The molecule has 0 radical (unpaired) electrons. The number of fused-ring (bicyclic) bond motifs is 1. The van der Waals surface area contributed by atoms with Gasteiger partial charge in [0.25, 0.3) is 0 Å². The van der Waals surface area contributed by atoms with Gasteiger partial charge in [-0.15, -0.1) is 0 Å². The van der Waals surface area contributed by atoms with Gasteiger partial charge in [-0.3, -0.25) is 4.98 Å². The smallest absolute Gasteiger partial charge is 0.224 e. The van der Waals surface area contributed by atoms with Gasteiger partial charge in [-0.2, -0.15) is 15.1 Å². The Balaban J connectivity index is 1.92. The molecule has 0 aromatic carbocycles. The van der Waals surface area contributed by atoms with Crippen molar-refractivity contribution >= 4 is 28.6 Å². The Morgan fingerprint density at radius 1 is 1.20 bits per heavy atom. The molecule has 0 saturated carbocycles. The summed E-state index contributed by atoms with van der Waals surface area (Å²) in [5, 5.41) is 8.12. The van der Waals surface area contributed by atoms with Crippen LogP contribution in [0.25, 0.3) is 11.0 Å². The third kappa shape index (κ3) is 3.52. The van der Waals surface area contributed by atoms with Crippen molar-refractivity contribution in [2.45, 2.75) is 5.92 Å². The third-order valence-electron chi connectivity index (χ3n) is 4.51. The van der Waals surface area contributed by atoms with Gasteiger partial charge in [0.05, 0.1) is 41.8 Å². The van der Waals surface area contributed by atoms with E-state index in [-0.39, 0.29) is 18.2 Å². The van der Waals surface area contributed by atoms with Crippen molar-refractivity contribution < 1.29 is 13.5 Å². The summed E-state index contributed by atoms with van der Waals surface area (Å²) >= 11 is 0. The first-order chi connectivity index (χ1) is 14.4. The maximum atomic E-state index is 14.6. The Morgan fingerprint density at radius 3 is 2.67 bits per heavy atom. The highest BCUT2D eigenvalue weighted by Gasteiger charge is 2.28. The first-order valence-corrected chi connectivity index (χ1v) is 8.92. The molecule has 156 valence electrons. The largest absolute Gasteiger partial charge is 0.384 e. The van der Waals surface area contributed by atoms with Crippen molar-refractivity contribution in [2.24, 2.45) is 14.1 Å². The van der Waals surface area contributed by atoms with E-state index in [4.69, 9.17) is 10.5 Å². The van der Waals surface area contributed by atoms with Crippen molar-refractivity contribution in [3.63, 3.8) is 0 Å². The van der Waals surface area contributed by atoms with Gasteiger partial charge in [-0.05, 0) is 0 Å². The highest BCUT2D eigenvalue weighted by atomic mass is 19.1. The first-order valence-electron chi connectivity index (χ1n) is 8.92. The van der Waals surface area contributed by atoms with Crippen LogP contribution in [0, 0.1) is 11.6 Å². The van der Waals surface area contributed by atoms with E-state index >= 15 is 0 Å². The predicted molar refractivity (Wildman–Crippen MR) is 105 cm³/mol. The molecule has 0 fully saturated rings. The minimum absolute atomic E-state index is 0.00105. The Kier molecular flexibility index (Phi) is 4.99. The fourth-order valence-electron chi connectivity index (χ4n) is 3.26. The van der Waals surface area contributed by atoms with E-state index in [9.17, 15) is 8.78 Å². The number of ether oxygens (including phenoxy) is 1. The molecule has 0 bridgehead atoms. The molecule has 4 aromatic rings. The van der Waals surface area contributed by atoms with Gasteiger partial charge in [0.1, 0.15) is 23.3 Å². The molecule has 0 saturated heterocycles. The van der Waals surface area contributed by atoms with E-state index in [1.54, 1.807) is 24.1 Å². The van der Waals surface area contributed by atoms with Gasteiger partial charge >= 0.3 is 0 Å². The van der Waals surface area contributed by atoms with Gasteiger partial charge in [0.2, 0.25) is 5.95 Å². The molecular weight excluding hydrogens is 396 g/mol. The van der Waals surface area contributed by atoms with Gasteiger partial charge in [0.15, 0.2) is 5.65 Å². The zero-order chi connectivity index (χ0) is 21.4. The number of nitrogen functional groups attached to an aromatic ring is 1. The number of pyridine rings is 1. The van der Waals surface area contributed by atoms with Crippen LogP contribution in [-0.2, 0) is 18.8 Å². The van der Waals surface area contributed by atoms with Crippen LogP contribution in [0.3, 0.4) is 0 Å². The molecule has 0 aliphatic rings. The van der Waals surface area contributed by atoms with Crippen molar-refractivity contribution in [2.75, 3.05) is 24.8 Å². The Labute approximate surface area is 169 Å². The van der Waals surface area contributed by atoms with Crippen LogP contribution in [0.15, 0.2) is 24.8 Å². The summed E-state index contributed by atoms with van der Waals surface area (Å²) in [5.41, 5.74) is 6.72. The number of rotatable bonds is 6. The predicted octanol–water partition coefficient (Wildman–Crippen LogP) is 1.87. The van der Waals surface area contributed by atoms with Crippen LogP contribution in [0.4, 0.5) is 26.4 Å². The summed E-state index contributed by atoms with van der Waals surface area (Å²) in [4.78, 5) is 16.7. The van der Waals surface area contributed by atoms with Crippen LogP contribution in [-0.4, -0.2) is 48.0 Å². The van der Waals surface area contributed by atoms with E-state index in [2.05, 4.69) is 30.4 Å². The fraction of sp³-hybridized carbons (Fsp3) is 0.278. The van der Waals surface area contributed by atoms with Crippen LogP contribution in [0.1, 0.15) is 17.3 Å². The number of aromatic nitrogens is 7. The lowest BCUT2D eigenvalue weighted by atomic mass is 9.98. The van der Waals surface area contributed by atoms with E-state index in [0.717, 1.165) is 12.3 Å². The molecule has 0 aliphatic heterocycles. The number of methoxy groups -OCH3 is 1. The molecule has 10 nitrogen and oxygen atoms in total. The summed E-state index contributed by atoms with van der Waals surface area (Å²) in [6.45, 7) is 0.0507. The van der Waals surface area contributed by atoms with Crippen molar-refractivity contribution in [3.05, 3.63) is 47.8 Å². The second kappa shape index (κ2) is 7.63. The zero-order valence-corrected chi connectivity index (χ0v) is 16.5. The molecule has 1 atom stereocenters. The van der Waals surface area contributed by atoms with Gasteiger partial charge in [0, 0.05) is 33.5 Å². The number of nitrogens with one attached hydrogen (secondary N) is 1. The van der Waals surface area contributed by atoms with Crippen molar-refractivity contribution in [3.8, 4) is 0 Å². The number of imidazole rings is 1. The van der Waals surface area contributed by atoms with Crippen LogP contribution in [0.5, 0.6) is 0 Å². The molecule has 3 N–H and O–H groups in total. The average molecular weight is 415 g/mol. The number of halogens is 2. The lowest BCUT2D eigenvalue weighted by Crippen LogP contribution is -2.14. The standard InChI is InChI=1S/C18H19F2N9O/c1-28-6-12(23-8-28)24-16-13-15(27-29(2)17(13)26-18(21)25-16)10(7-30-3)14-11(20)4-9(19)5-22-14/h4-6,8,10H,7H2,1-3H3,(H3,21,24,25,26)/t10-/m0/s1. The second-order valence-electron chi connectivity index (χ2n) is 6.72. The summed E-state index contributed by atoms with van der Waals surface area (Å²) in [5.74, 6) is -1.40. The number of nitrogens with two attached hydrogens (primary N) is 1. The van der Waals surface area contributed by atoms with Crippen LogP contribution >= 0.6 is 0 Å². The molecule has 0 amide bonds. The van der Waals surface area contributed by atoms with E-state index in [1.807, 2.05) is 7.05 Å². The zero-order valence-electron chi connectivity index (χ0n) is 16.5. The van der Waals surface area contributed by atoms with Crippen molar-refractivity contribution in [1.29, 1.82) is 0 Å². The van der Waals surface area contributed by atoms with Gasteiger partial charge in [-0.1, -0.05) is 0 Å². The number of nitrogens with zero attached hydrogens (tertiary/aromatic N) is 7. The van der Waals surface area contributed by atoms with Crippen molar-refractivity contribution in [1.82, 2.24) is 34.3 Å². The quantitative estimate of drug-likeness (QED) is 0.490. The summed E-state index contributed by atoms with van der Waals surface area (Å²) in [7, 11) is 4.98. The molecule has 4 heterocycles. The van der Waals surface area contributed by atoms with Gasteiger partial charge in [-0.25, -0.2) is 18.4 Å². The minimum Gasteiger partial charge on any atom is -0.384 e. The third-order valence-corrected chi connectivity index (χ3v) is 4.51. The monoisotopic (exact) mass is 415 g/mol. The summed E-state index contributed by atoms with van der Waals surface area (Å²) in [6.07, 6.45) is 4.33. The lowest BCUT2D eigenvalue weighted by molar-refractivity contribution is 0.186. The Morgan fingerprint density at radius 2 is 2.00 bits per heavy atom. The molecule has 30 heavy (non-hydrogen) atoms. The average Bonchev–Trinajstić information content (AvgIpc) is 3.23. The van der Waals surface area contributed by atoms with E-state index in [0.29, 0.717) is 28.4 Å². The molecule has 4 aromatic heterocycles. The summed E-state index contributed by atoms with van der Waals surface area (Å²) < 4.78 is 36.5. The van der Waals surface area contributed by atoms with E-state index < -0.39 is 17.6 Å². The van der Waals surface area contributed by atoms with Crippen LogP contribution < -0.4 is 11.1 Å². The minimum atomic E-state index is -0.800. The lowest BCUT2D eigenvalue weighted by Gasteiger charge is -2.15. The first kappa shape index (κ1) is 19.6. The number of hydrogen-bond donors (Lipinski definition) is 2. The molecule has 0 unspecified atom stereocenters. The Bertz CT molecular complexity index is 1220. The van der Waals surface area contributed by atoms with Crippen LogP contribution in [0.2, 0.25) is 0 Å². The molecule has 12 heteroatoms. The number of anilines is 3. The Hall–Kier alpha value is -3.67. The second-order valence-corrected chi connectivity index (χ2v) is 6.72. The normalized spacial score (nSPS) is 12.4. The maximum absolute atomic E-state index is 14.6. The SMILES string of the molecule is COC[C@@H](c1ncc(F)cc1F)c1nn(C)c2nc(N)nc(Nc3cn(C)cn3)c12. The number of hydrogen-bond acceptors (Lipinski definition) is 8. The molecular formula is C18H19F2N9O. The topological polar surface area (TPSA) is 122 Å². The fourth-order valence-corrected chi connectivity index (χ4v) is 3.26. The molecule has 4 rings (SSSR count). The highest BCUT2D eigenvalue weighted by molar-refractivity contribution is 5.92. The molecule has 0 spiro atoms. The highest BCUT2D eigenvalue weighted by Crippen LogP contribution is 2.34. The van der Waals surface area contributed by atoms with E-state index in [1.165, 1.54) is 11.8 Å².